The third kappa shape index (κ3) is 3.06. The molecule has 13 nitrogen and oxygen atoms in total. The molecule has 132 valence electrons. The zero-order chi connectivity index (χ0) is 17.6. The lowest BCUT2D eigenvalue weighted by molar-refractivity contribution is -0.0504. The summed E-state index contributed by atoms with van der Waals surface area (Å²) >= 11 is 0. The highest BCUT2D eigenvalue weighted by molar-refractivity contribution is 7.46. The van der Waals surface area contributed by atoms with Crippen molar-refractivity contribution in [2.24, 2.45) is 0 Å². The summed E-state index contributed by atoms with van der Waals surface area (Å²) in [5, 5.41) is 20.0. The van der Waals surface area contributed by atoms with Crippen LogP contribution in [0, 0.1) is 0 Å². The quantitative estimate of drug-likeness (QED) is 0.240. The summed E-state index contributed by atoms with van der Waals surface area (Å²) in [5.41, 5.74) is -1.71. The van der Waals surface area contributed by atoms with Gasteiger partial charge < -0.3 is 24.7 Å². The maximum atomic E-state index is 11.6. The first kappa shape index (κ1) is 17.0. The Morgan fingerprint density at radius 3 is 2.67 bits per heavy atom. The average Bonchev–Trinajstić information content (AvgIpc) is 3.00. The Balaban J connectivity index is 1.92. The van der Waals surface area contributed by atoms with Gasteiger partial charge in [0.25, 0.3) is 5.56 Å². The molecule has 1 aliphatic heterocycles. The summed E-state index contributed by atoms with van der Waals surface area (Å²) in [5.74, 6) is 0. The molecule has 24 heavy (non-hydrogen) atoms. The second-order valence-corrected chi connectivity index (χ2v) is 6.33. The van der Waals surface area contributed by atoms with E-state index < -0.39 is 50.2 Å². The average molecular weight is 369 g/mol. The molecule has 4 atom stereocenters. The zero-order valence-corrected chi connectivity index (χ0v) is 12.7. The van der Waals surface area contributed by atoms with Crippen molar-refractivity contribution in [1.82, 2.24) is 19.5 Å². The summed E-state index contributed by atoms with van der Waals surface area (Å²) in [6.07, 6.45) is -4.43. The fourth-order valence-electron chi connectivity index (χ4n) is 2.41. The van der Waals surface area contributed by atoms with E-state index in [0.29, 0.717) is 0 Å². The fraction of sp³-hybridized carbons (Fsp3) is 0.500. The van der Waals surface area contributed by atoms with Crippen LogP contribution < -0.4 is 11.2 Å². The van der Waals surface area contributed by atoms with Crippen molar-refractivity contribution in [3.63, 3.8) is 0 Å². The van der Waals surface area contributed by atoms with Crippen LogP contribution in [0.2, 0.25) is 0 Å². The minimum atomic E-state index is -4.78. The molecule has 3 heterocycles. The molecule has 14 heteroatoms. The van der Waals surface area contributed by atoms with Crippen molar-refractivity contribution >= 4 is 19.0 Å². The standard InChI is InChI=1S/C10H13N4O9P/c15-5-3(1-22-24(19,20)21)23-9(6(5)16)14-2-11-4-7(14)12-10(18)13-8(4)17/h2-3,5-6,9,15-16H,1H2,(H2,19,20,21)(H2,12,13,17,18)/t3-,5-,6-,9-/m1/s1/i1+1,3+1,5+1,6+1,9+1. The van der Waals surface area contributed by atoms with Crippen LogP contribution in [0.15, 0.2) is 15.9 Å². The van der Waals surface area contributed by atoms with Gasteiger partial charge in [-0.1, -0.05) is 0 Å². The van der Waals surface area contributed by atoms with Crippen molar-refractivity contribution in [2.75, 3.05) is 6.61 Å². The van der Waals surface area contributed by atoms with Gasteiger partial charge in [0.1, 0.15) is 24.0 Å². The highest BCUT2D eigenvalue weighted by Crippen LogP contribution is 2.38. The number of rotatable bonds is 4. The van der Waals surface area contributed by atoms with E-state index in [9.17, 15) is 24.4 Å². The third-order valence-electron chi connectivity index (χ3n) is 3.49. The fourth-order valence-corrected chi connectivity index (χ4v) is 2.75. The smallest absolute Gasteiger partial charge is 0.387 e. The van der Waals surface area contributed by atoms with Crippen LogP contribution >= 0.6 is 7.82 Å². The number of aromatic amines is 2. The van der Waals surface area contributed by atoms with Gasteiger partial charge in [0.05, 0.1) is 12.9 Å². The summed E-state index contributed by atoms with van der Waals surface area (Å²) in [4.78, 5) is 48.5. The minimum Gasteiger partial charge on any atom is -0.387 e. The van der Waals surface area contributed by atoms with Crippen molar-refractivity contribution in [3.05, 3.63) is 27.2 Å². The van der Waals surface area contributed by atoms with Crippen molar-refractivity contribution in [2.45, 2.75) is 24.5 Å². The van der Waals surface area contributed by atoms with E-state index >= 15 is 0 Å². The van der Waals surface area contributed by atoms with Gasteiger partial charge in [-0.25, -0.2) is 14.3 Å². The van der Waals surface area contributed by atoms with E-state index in [-0.39, 0.29) is 11.2 Å². The number of nitrogens with zero attached hydrogens (tertiary/aromatic N) is 2. The molecule has 0 saturated carbocycles. The Morgan fingerprint density at radius 1 is 1.29 bits per heavy atom. The third-order valence-corrected chi connectivity index (χ3v) is 3.97. The van der Waals surface area contributed by atoms with Crippen molar-refractivity contribution < 1.29 is 33.8 Å². The maximum Gasteiger partial charge on any atom is 0.469 e. The normalized spacial score (nSPS) is 27.8. The second kappa shape index (κ2) is 5.89. The summed E-state index contributed by atoms with van der Waals surface area (Å²) < 4.78 is 21.4. The highest BCUT2D eigenvalue weighted by atomic mass is 31.2. The van der Waals surface area contributed by atoms with Crippen LogP contribution in [0.25, 0.3) is 11.2 Å². The molecule has 0 radical (unpaired) electrons. The first-order valence-corrected chi connectivity index (χ1v) is 8.11. The van der Waals surface area contributed by atoms with Crippen molar-refractivity contribution in [3.8, 4) is 0 Å². The number of phosphoric acid groups is 1. The predicted molar refractivity (Wildman–Crippen MR) is 74.9 cm³/mol. The number of aliphatic hydroxyl groups is 2. The molecule has 2 aromatic rings. The number of phosphoric ester groups is 1. The van der Waals surface area contributed by atoms with Crippen LogP contribution in [0.1, 0.15) is 6.23 Å². The van der Waals surface area contributed by atoms with Gasteiger partial charge in [-0.05, 0) is 0 Å². The molecule has 1 aliphatic rings. The minimum absolute atomic E-state index is 0.0449. The Kier molecular flexibility index (Phi) is 4.17. The molecule has 0 unspecified atom stereocenters. The molecule has 0 amide bonds. The molecule has 1 saturated heterocycles. The van der Waals surface area contributed by atoms with Crippen molar-refractivity contribution in [1.29, 1.82) is 0 Å². The molecule has 3 rings (SSSR count). The summed E-state index contributed by atoms with van der Waals surface area (Å²) in [7, 11) is -4.78. The molecule has 0 aromatic carbocycles. The second-order valence-electron chi connectivity index (χ2n) is 5.09. The first-order valence-electron chi connectivity index (χ1n) is 6.58. The van der Waals surface area contributed by atoms with E-state index in [1.807, 2.05) is 4.98 Å². The highest BCUT2D eigenvalue weighted by Gasteiger charge is 2.45. The number of fused-ring (bicyclic) bond motifs is 1. The van der Waals surface area contributed by atoms with Gasteiger partial charge in [0.15, 0.2) is 11.7 Å². The maximum absolute atomic E-state index is 11.6. The van der Waals surface area contributed by atoms with Crippen LogP contribution in [-0.2, 0) is 13.8 Å². The predicted octanol–water partition coefficient (Wildman–Crippen LogP) is -2.86. The Morgan fingerprint density at radius 2 is 2.00 bits per heavy atom. The molecule has 0 spiro atoms. The SMILES string of the molecule is O=c1[nH]c(=O)c2ncn([13C@@H]3O[13C@H]([13CH2]OP(=O)(O)O)[13C@@H](O)[13C@H]3O)c2[nH]1. The lowest BCUT2D eigenvalue weighted by atomic mass is 10.5. The first-order chi connectivity index (χ1) is 11.2. The molecule has 2 aromatic heterocycles. The number of ether oxygens (including phenoxy) is 1. The van der Waals surface area contributed by atoms with Crippen LogP contribution in [0.5, 0.6) is 0 Å². The Labute approximate surface area is 131 Å². The Bertz CT molecular complexity index is 913. The molecule has 6 N–H and O–H groups in total. The van der Waals surface area contributed by atoms with E-state index in [4.69, 9.17) is 14.5 Å². The van der Waals surface area contributed by atoms with Gasteiger partial charge in [0.2, 0.25) is 0 Å². The van der Waals surface area contributed by atoms with Gasteiger partial charge >= 0.3 is 13.5 Å². The topological polar surface area (TPSA) is 200 Å². The molecular formula is C10H13N4O9P. The van der Waals surface area contributed by atoms with Gasteiger partial charge in [-0.3, -0.25) is 23.9 Å². The largest absolute Gasteiger partial charge is 0.469 e. The van der Waals surface area contributed by atoms with Crippen LogP contribution in [0.4, 0.5) is 0 Å². The van der Waals surface area contributed by atoms with E-state index in [1.165, 1.54) is 0 Å². The van der Waals surface area contributed by atoms with Crippen LogP contribution in [-0.4, -0.2) is 64.4 Å². The number of hydrogen-bond acceptors (Lipinski definition) is 8. The number of H-pyrrole nitrogens is 2. The molecule has 1 fully saturated rings. The molecule has 0 aliphatic carbocycles. The van der Waals surface area contributed by atoms with E-state index in [1.54, 1.807) is 0 Å². The van der Waals surface area contributed by atoms with E-state index in [2.05, 4.69) is 14.5 Å². The lowest BCUT2D eigenvalue weighted by Crippen LogP contribution is -2.33. The van der Waals surface area contributed by atoms with Crippen LogP contribution in [0.3, 0.4) is 0 Å². The van der Waals surface area contributed by atoms with E-state index in [0.717, 1.165) is 10.9 Å². The number of hydrogen-bond donors (Lipinski definition) is 6. The number of aliphatic hydroxyl groups excluding tert-OH is 2. The Hall–Kier alpha value is -1.86. The van der Waals surface area contributed by atoms with Gasteiger partial charge in [0, 0.05) is 0 Å². The molecular weight excluding hydrogens is 356 g/mol. The lowest BCUT2D eigenvalue weighted by Gasteiger charge is -2.16. The van der Waals surface area contributed by atoms with Gasteiger partial charge in [-0.15, -0.1) is 0 Å². The monoisotopic (exact) mass is 369 g/mol. The number of imidazole rings is 1. The molecule has 0 bridgehead atoms. The number of aromatic nitrogens is 4. The number of nitrogens with one attached hydrogen (secondary N) is 2. The summed E-state index contributed by atoms with van der Waals surface area (Å²) in [6, 6.07) is 0. The van der Waals surface area contributed by atoms with Gasteiger partial charge in [-0.2, -0.15) is 0 Å². The summed E-state index contributed by atoms with van der Waals surface area (Å²) in [6.45, 7) is -0.678. The zero-order valence-electron chi connectivity index (χ0n) is 11.8.